The van der Waals surface area contributed by atoms with E-state index in [0.29, 0.717) is 10.5 Å². The highest BCUT2D eigenvalue weighted by Crippen LogP contribution is 2.22. The molecular weight excluding hydrogens is 189 g/mol. The van der Waals surface area contributed by atoms with Crippen LogP contribution in [-0.4, -0.2) is 22.2 Å². The third kappa shape index (κ3) is 1.64. The lowest BCUT2D eigenvalue weighted by molar-refractivity contribution is 0.427. The number of aromatic nitrogens is 1. The maximum Gasteiger partial charge on any atom is 0.499 e. The molecule has 0 aromatic carbocycles. The van der Waals surface area contributed by atoms with Crippen LogP contribution in [0.25, 0.3) is 10.6 Å². The predicted molar refractivity (Wildman–Crippen MR) is 49.6 cm³/mol. The largest absolute Gasteiger partial charge is 0.499 e. The van der Waals surface area contributed by atoms with Crippen molar-refractivity contribution in [1.82, 2.24) is 4.98 Å². The normalized spacial score (nSPS) is 10.3. The number of nitrogens with zero attached hydrogens (tertiary/aromatic N) is 1. The molecule has 0 aliphatic carbocycles. The number of hydrogen-bond acceptors (Lipinski definition) is 5. The Hall–Kier alpha value is -1.11. The van der Waals surface area contributed by atoms with Crippen LogP contribution in [0.4, 0.5) is 0 Å². The second-order valence-corrected chi connectivity index (χ2v) is 3.56. The molecule has 0 atom stereocenters. The van der Waals surface area contributed by atoms with Gasteiger partial charge in [0.05, 0.1) is 11.1 Å². The van der Waals surface area contributed by atoms with Crippen LogP contribution in [0.2, 0.25) is 0 Å². The number of rotatable bonds is 2. The van der Waals surface area contributed by atoms with Crippen LogP contribution in [0.3, 0.4) is 0 Å². The predicted octanol–water partition coefficient (Wildman–Crippen LogP) is 0.0829. The van der Waals surface area contributed by atoms with E-state index in [1.807, 2.05) is 0 Å². The van der Waals surface area contributed by atoms with Crippen LogP contribution < -0.4 is 4.78 Å². The van der Waals surface area contributed by atoms with Crippen molar-refractivity contribution in [1.29, 1.82) is 0 Å². The smallest absolute Gasteiger partial charge is 0.443 e. The summed E-state index contributed by atoms with van der Waals surface area (Å²) in [5.74, 6) is 0.636. The molecule has 0 aliphatic rings. The highest BCUT2D eigenvalue weighted by Gasteiger charge is 2.15. The lowest BCUT2D eigenvalue weighted by Gasteiger charge is -1.89. The third-order valence-corrected chi connectivity index (χ3v) is 2.70. The van der Waals surface area contributed by atoms with Crippen molar-refractivity contribution in [2.75, 3.05) is 0 Å². The van der Waals surface area contributed by atoms with E-state index >= 15 is 0 Å². The molecule has 66 valence electrons. The van der Waals surface area contributed by atoms with Crippen molar-refractivity contribution >= 4 is 23.2 Å². The Morgan fingerprint density at radius 2 is 2.23 bits per heavy atom. The summed E-state index contributed by atoms with van der Waals surface area (Å²) in [6.07, 6.45) is 2.92. The van der Waals surface area contributed by atoms with Crippen LogP contribution in [0.1, 0.15) is 0 Å². The summed E-state index contributed by atoms with van der Waals surface area (Å²) in [6, 6.07) is 3.41. The first kappa shape index (κ1) is 8.49. The fourth-order valence-electron chi connectivity index (χ4n) is 0.961. The second-order valence-electron chi connectivity index (χ2n) is 2.44. The van der Waals surface area contributed by atoms with Gasteiger partial charge in [-0.25, -0.2) is 4.98 Å². The van der Waals surface area contributed by atoms with Gasteiger partial charge >= 0.3 is 7.12 Å². The second kappa shape index (κ2) is 3.33. The molecule has 2 aromatic rings. The van der Waals surface area contributed by atoms with Crippen LogP contribution in [0.5, 0.6) is 0 Å². The minimum Gasteiger partial charge on any atom is -0.443 e. The molecule has 6 heteroatoms. The van der Waals surface area contributed by atoms with E-state index in [1.165, 1.54) is 17.7 Å². The van der Waals surface area contributed by atoms with Crippen molar-refractivity contribution in [3.63, 3.8) is 0 Å². The minimum absolute atomic E-state index is 0.492. The fourth-order valence-corrected chi connectivity index (χ4v) is 1.79. The Morgan fingerprint density at radius 3 is 2.77 bits per heavy atom. The van der Waals surface area contributed by atoms with E-state index in [-0.39, 0.29) is 0 Å². The van der Waals surface area contributed by atoms with Crippen molar-refractivity contribution in [2.45, 2.75) is 0 Å². The molecule has 0 fully saturated rings. The van der Waals surface area contributed by atoms with Gasteiger partial charge in [0.25, 0.3) is 0 Å². The average molecular weight is 195 g/mol. The van der Waals surface area contributed by atoms with E-state index in [2.05, 4.69) is 4.98 Å². The van der Waals surface area contributed by atoms with Gasteiger partial charge in [-0.3, -0.25) is 0 Å². The molecule has 0 radical (unpaired) electrons. The van der Waals surface area contributed by atoms with E-state index in [9.17, 15) is 0 Å². The van der Waals surface area contributed by atoms with Gasteiger partial charge in [0.15, 0.2) is 12.2 Å². The maximum absolute atomic E-state index is 8.85. The molecule has 13 heavy (non-hydrogen) atoms. The zero-order chi connectivity index (χ0) is 9.26. The van der Waals surface area contributed by atoms with Gasteiger partial charge in [0.2, 0.25) is 0 Å². The summed E-state index contributed by atoms with van der Waals surface area (Å²) in [4.78, 5) is 4.60. The van der Waals surface area contributed by atoms with Crippen LogP contribution >= 0.6 is 11.3 Å². The molecule has 0 unspecified atom stereocenters. The first-order chi connectivity index (χ1) is 6.27. The van der Waals surface area contributed by atoms with Gasteiger partial charge in [-0.2, -0.15) is 0 Å². The summed E-state index contributed by atoms with van der Waals surface area (Å²) in [7, 11) is -1.42. The minimum atomic E-state index is -1.42. The lowest BCUT2D eigenvalue weighted by Crippen LogP contribution is -2.26. The molecular formula is C7H6BNO3S. The van der Waals surface area contributed by atoms with Crippen molar-refractivity contribution in [3.8, 4) is 10.6 Å². The standard InChI is InChI=1S/C7H6BNO3S/c10-8(11)7-2-1-6(13-7)5-3-9-4-12-5/h1-4,10-11H. The Balaban J connectivity index is 2.33. The van der Waals surface area contributed by atoms with Gasteiger partial charge < -0.3 is 14.5 Å². The van der Waals surface area contributed by atoms with Crippen molar-refractivity contribution in [3.05, 3.63) is 24.7 Å². The molecule has 0 amide bonds. The van der Waals surface area contributed by atoms with Gasteiger partial charge in [0, 0.05) is 4.78 Å². The van der Waals surface area contributed by atoms with Crippen LogP contribution in [0.15, 0.2) is 29.1 Å². The van der Waals surface area contributed by atoms with Gasteiger partial charge in [-0.15, -0.1) is 11.3 Å². The van der Waals surface area contributed by atoms with Crippen molar-refractivity contribution in [2.24, 2.45) is 0 Å². The molecule has 0 spiro atoms. The van der Waals surface area contributed by atoms with E-state index in [1.54, 1.807) is 18.3 Å². The topological polar surface area (TPSA) is 66.5 Å². The Bertz CT molecular complexity index is 384. The van der Waals surface area contributed by atoms with E-state index < -0.39 is 7.12 Å². The lowest BCUT2D eigenvalue weighted by atomic mass is 9.90. The first-order valence-electron chi connectivity index (χ1n) is 3.62. The Morgan fingerprint density at radius 1 is 1.38 bits per heavy atom. The quantitative estimate of drug-likeness (QED) is 0.666. The van der Waals surface area contributed by atoms with Crippen LogP contribution in [-0.2, 0) is 0 Å². The highest BCUT2D eigenvalue weighted by atomic mass is 32.1. The fraction of sp³-hybridized carbons (Fsp3) is 0. The molecule has 2 rings (SSSR count). The summed E-state index contributed by atoms with van der Waals surface area (Å²) >= 11 is 1.26. The molecule has 0 bridgehead atoms. The molecule has 0 saturated carbocycles. The number of oxazole rings is 1. The van der Waals surface area contributed by atoms with Gasteiger partial charge in [-0.1, -0.05) is 6.07 Å². The number of hydrogen-bond donors (Lipinski definition) is 2. The summed E-state index contributed by atoms with van der Waals surface area (Å²) < 4.78 is 5.54. The number of thiophene rings is 1. The van der Waals surface area contributed by atoms with Crippen LogP contribution in [0, 0.1) is 0 Å². The van der Waals surface area contributed by atoms with E-state index in [0.717, 1.165) is 4.88 Å². The molecule has 2 aromatic heterocycles. The summed E-state index contributed by atoms with van der Waals surface area (Å²) in [6.45, 7) is 0. The van der Waals surface area contributed by atoms with Crippen molar-refractivity contribution < 1.29 is 14.5 Å². The summed E-state index contributed by atoms with van der Waals surface area (Å²) in [5, 5.41) is 17.7. The molecule has 2 heterocycles. The SMILES string of the molecule is OB(O)c1ccc(-c2cnco2)s1. The molecule has 4 nitrogen and oxygen atoms in total. The third-order valence-electron chi connectivity index (χ3n) is 1.56. The monoisotopic (exact) mass is 195 g/mol. The zero-order valence-electron chi connectivity index (χ0n) is 6.54. The Kier molecular flexibility index (Phi) is 2.18. The molecule has 2 N–H and O–H groups in total. The summed E-state index contributed by atoms with van der Waals surface area (Å²) in [5.41, 5.74) is 0. The zero-order valence-corrected chi connectivity index (χ0v) is 7.36. The Labute approximate surface area is 78.6 Å². The average Bonchev–Trinajstić information content (AvgIpc) is 2.75. The van der Waals surface area contributed by atoms with Gasteiger partial charge in [0.1, 0.15) is 0 Å². The van der Waals surface area contributed by atoms with E-state index in [4.69, 9.17) is 14.5 Å². The first-order valence-corrected chi connectivity index (χ1v) is 4.44. The van der Waals surface area contributed by atoms with Gasteiger partial charge in [-0.05, 0) is 6.07 Å². The molecule has 0 saturated heterocycles. The molecule has 0 aliphatic heterocycles. The highest BCUT2D eigenvalue weighted by molar-refractivity contribution is 7.24. The maximum atomic E-state index is 8.85.